The molecule has 1 aliphatic heterocycles. The van der Waals surface area contributed by atoms with Crippen molar-refractivity contribution in [2.75, 3.05) is 13.1 Å². The highest BCUT2D eigenvalue weighted by molar-refractivity contribution is 8.00. The summed E-state index contributed by atoms with van der Waals surface area (Å²) >= 11 is 1.03. The molecule has 1 heterocycles. The summed E-state index contributed by atoms with van der Waals surface area (Å²) in [5.74, 6) is -1.24. The molecule has 25 heavy (non-hydrogen) atoms. The Morgan fingerprint density at radius 2 is 2.00 bits per heavy atom. The van der Waals surface area contributed by atoms with Gasteiger partial charge >= 0.3 is 0 Å². The van der Waals surface area contributed by atoms with Crippen LogP contribution in [0, 0.1) is 11.6 Å². The third kappa shape index (κ3) is 4.80. The summed E-state index contributed by atoms with van der Waals surface area (Å²) in [6.07, 6.45) is 1.92. The van der Waals surface area contributed by atoms with E-state index in [0.717, 1.165) is 61.5 Å². The molecule has 1 amide bonds. The summed E-state index contributed by atoms with van der Waals surface area (Å²) in [6.45, 7) is 1.68. The standard InChI is InChI=1S/C19H20F2N2OS/c20-14-8-9-16(21)17(11-14)25-18(13-5-2-1-3-6-13)19(24)23-15-7-4-10-22-12-15/h1-3,5-6,8-9,11,15,18,22H,4,7,10,12H2,(H,23,24)/t15-,18?/m0/s1. The van der Waals surface area contributed by atoms with E-state index in [0.29, 0.717) is 0 Å². The minimum atomic E-state index is -0.639. The molecular weight excluding hydrogens is 342 g/mol. The Balaban J connectivity index is 1.82. The fourth-order valence-electron chi connectivity index (χ4n) is 2.85. The van der Waals surface area contributed by atoms with Crippen LogP contribution in [0.5, 0.6) is 0 Å². The van der Waals surface area contributed by atoms with Crippen LogP contribution in [-0.4, -0.2) is 25.0 Å². The van der Waals surface area contributed by atoms with Gasteiger partial charge in [-0.15, -0.1) is 11.8 Å². The molecule has 2 aromatic carbocycles. The van der Waals surface area contributed by atoms with Crippen molar-refractivity contribution < 1.29 is 13.6 Å². The molecule has 3 rings (SSSR count). The van der Waals surface area contributed by atoms with Crippen molar-refractivity contribution in [2.24, 2.45) is 0 Å². The Labute approximate surface area is 150 Å². The maximum atomic E-state index is 14.0. The molecule has 0 saturated carbocycles. The fourth-order valence-corrected chi connectivity index (χ4v) is 3.93. The Morgan fingerprint density at radius 1 is 1.20 bits per heavy atom. The molecule has 2 aromatic rings. The number of nitrogens with one attached hydrogen (secondary N) is 2. The number of carbonyl (C=O) groups excluding carboxylic acids is 1. The first-order chi connectivity index (χ1) is 12.1. The summed E-state index contributed by atoms with van der Waals surface area (Å²) in [4.78, 5) is 13.0. The molecule has 1 saturated heterocycles. The normalized spacial score (nSPS) is 18.6. The van der Waals surface area contributed by atoms with Gasteiger partial charge in [0.05, 0.1) is 0 Å². The second kappa shape index (κ2) is 8.45. The molecule has 132 valence electrons. The van der Waals surface area contributed by atoms with Gasteiger partial charge in [0.1, 0.15) is 16.9 Å². The quantitative estimate of drug-likeness (QED) is 0.798. The largest absolute Gasteiger partial charge is 0.351 e. The zero-order valence-corrected chi connectivity index (χ0v) is 14.5. The van der Waals surface area contributed by atoms with Gasteiger partial charge in [-0.2, -0.15) is 0 Å². The second-order valence-corrected chi connectivity index (χ2v) is 7.18. The van der Waals surface area contributed by atoms with Crippen LogP contribution in [0.1, 0.15) is 23.7 Å². The first-order valence-electron chi connectivity index (χ1n) is 8.31. The Morgan fingerprint density at radius 3 is 2.72 bits per heavy atom. The molecule has 0 aliphatic carbocycles. The van der Waals surface area contributed by atoms with Crippen LogP contribution in [0.3, 0.4) is 0 Å². The predicted molar refractivity (Wildman–Crippen MR) is 95.4 cm³/mol. The molecular formula is C19H20F2N2OS. The number of amides is 1. The lowest BCUT2D eigenvalue weighted by Gasteiger charge is -2.26. The summed E-state index contributed by atoms with van der Waals surface area (Å²) in [5, 5.41) is 5.65. The smallest absolute Gasteiger partial charge is 0.238 e. The topological polar surface area (TPSA) is 41.1 Å². The van der Waals surface area contributed by atoms with Crippen molar-refractivity contribution in [2.45, 2.75) is 29.0 Å². The SMILES string of the molecule is O=C(N[C@H]1CCCNC1)C(Sc1cc(F)ccc1F)c1ccccc1. The van der Waals surface area contributed by atoms with E-state index in [4.69, 9.17) is 0 Å². The van der Waals surface area contributed by atoms with Gasteiger partial charge in [-0.25, -0.2) is 8.78 Å². The molecule has 1 fully saturated rings. The fraction of sp³-hybridized carbons (Fsp3) is 0.316. The van der Waals surface area contributed by atoms with Crippen molar-refractivity contribution in [1.82, 2.24) is 10.6 Å². The van der Waals surface area contributed by atoms with E-state index >= 15 is 0 Å². The highest BCUT2D eigenvalue weighted by atomic mass is 32.2. The van der Waals surface area contributed by atoms with Crippen molar-refractivity contribution in [3.8, 4) is 0 Å². The van der Waals surface area contributed by atoms with E-state index in [1.54, 1.807) is 0 Å². The molecule has 0 radical (unpaired) electrons. The first kappa shape index (κ1) is 17.9. The average Bonchev–Trinajstić information content (AvgIpc) is 2.64. The second-order valence-electron chi connectivity index (χ2n) is 6.04. The van der Waals surface area contributed by atoms with E-state index in [2.05, 4.69) is 10.6 Å². The molecule has 2 N–H and O–H groups in total. The van der Waals surface area contributed by atoms with Gasteiger partial charge in [0.2, 0.25) is 5.91 Å². The van der Waals surface area contributed by atoms with Gasteiger partial charge in [0.15, 0.2) is 0 Å². The molecule has 1 aliphatic rings. The van der Waals surface area contributed by atoms with Gasteiger partial charge in [0, 0.05) is 17.5 Å². The zero-order chi connectivity index (χ0) is 17.6. The van der Waals surface area contributed by atoms with E-state index in [9.17, 15) is 13.6 Å². The molecule has 6 heteroatoms. The summed E-state index contributed by atoms with van der Waals surface area (Å²) in [6, 6.07) is 12.5. The van der Waals surface area contributed by atoms with Crippen LogP contribution >= 0.6 is 11.8 Å². The molecule has 0 bridgehead atoms. The number of hydrogen-bond donors (Lipinski definition) is 2. The van der Waals surface area contributed by atoms with Crippen LogP contribution < -0.4 is 10.6 Å². The van der Waals surface area contributed by atoms with Gasteiger partial charge in [-0.3, -0.25) is 4.79 Å². The van der Waals surface area contributed by atoms with Crippen LogP contribution in [0.25, 0.3) is 0 Å². The van der Waals surface area contributed by atoms with E-state index in [-0.39, 0.29) is 16.8 Å². The van der Waals surface area contributed by atoms with Crippen LogP contribution in [-0.2, 0) is 4.79 Å². The molecule has 1 unspecified atom stereocenters. The third-order valence-electron chi connectivity index (χ3n) is 4.12. The Hall–Kier alpha value is -1.92. The van der Waals surface area contributed by atoms with Gasteiger partial charge in [0.25, 0.3) is 0 Å². The highest BCUT2D eigenvalue weighted by Crippen LogP contribution is 2.37. The Bertz CT molecular complexity index is 721. The minimum Gasteiger partial charge on any atom is -0.351 e. The van der Waals surface area contributed by atoms with Gasteiger partial charge < -0.3 is 10.6 Å². The lowest BCUT2D eigenvalue weighted by atomic mass is 10.1. The monoisotopic (exact) mass is 362 g/mol. The highest BCUT2D eigenvalue weighted by Gasteiger charge is 2.26. The number of hydrogen-bond acceptors (Lipinski definition) is 3. The molecule has 3 nitrogen and oxygen atoms in total. The van der Waals surface area contributed by atoms with Crippen molar-refractivity contribution >= 4 is 17.7 Å². The summed E-state index contributed by atoms with van der Waals surface area (Å²) < 4.78 is 27.5. The number of rotatable bonds is 5. The van der Waals surface area contributed by atoms with Gasteiger partial charge in [-0.1, -0.05) is 30.3 Å². The summed E-state index contributed by atoms with van der Waals surface area (Å²) in [5.41, 5.74) is 0.762. The molecule has 0 aromatic heterocycles. The average molecular weight is 362 g/mol. The lowest BCUT2D eigenvalue weighted by Crippen LogP contribution is -2.46. The Kier molecular flexibility index (Phi) is 6.04. The lowest BCUT2D eigenvalue weighted by molar-refractivity contribution is -0.121. The van der Waals surface area contributed by atoms with Crippen molar-refractivity contribution in [3.63, 3.8) is 0 Å². The van der Waals surface area contributed by atoms with E-state index in [1.165, 1.54) is 0 Å². The first-order valence-corrected chi connectivity index (χ1v) is 9.19. The van der Waals surface area contributed by atoms with Crippen LogP contribution in [0.4, 0.5) is 8.78 Å². The van der Waals surface area contributed by atoms with E-state index in [1.807, 2.05) is 30.3 Å². The zero-order valence-electron chi connectivity index (χ0n) is 13.7. The third-order valence-corrected chi connectivity index (χ3v) is 5.41. The number of piperidine rings is 1. The van der Waals surface area contributed by atoms with E-state index < -0.39 is 16.9 Å². The van der Waals surface area contributed by atoms with Crippen LogP contribution in [0.15, 0.2) is 53.4 Å². The molecule has 2 atom stereocenters. The maximum absolute atomic E-state index is 14.0. The number of halogens is 2. The minimum absolute atomic E-state index is 0.0606. The predicted octanol–water partition coefficient (Wildman–Crippen LogP) is 3.67. The van der Waals surface area contributed by atoms with Crippen molar-refractivity contribution in [1.29, 1.82) is 0 Å². The number of carbonyl (C=O) groups is 1. The van der Waals surface area contributed by atoms with Gasteiger partial charge in [-0.05, 0) is 43.1 Å². The summed E-state index contributed by atoms with van der Waals surface area (Å²) in [7, 11) is 0. The van der Waals surface area contributed by atoms with Crippen molar-refractivity contribution in [3.05, 3.63) is 65.7 Å². The number of thioether (sulfide) groups is 1. The van der Waals surface area contributed by atoms with Crippen LogP contribution in [0.2, 0.25) is 0 Å². The number of benzene rings is 2. The molecule has 0 spiro atoms. The maximum Gasteiger partial charge on any atom is 0.238 e.